The number of carbonyl (C=O) groups is 1. The number of carbonyl (C=O) groups excluding carboxylic acids is 1. The van der Waals surface area contributed by atoms with Crippen molar-refractivity contribution in [3.8, 4) is 0 Å². The highest BCUT2D eigenvalue weighted by Gasteiger charge is 2.33. The third-order valence-electron chi connectivity index (χ3n) is 2.88. The molecular formula is C12H15FN2O4. The number of aromatic nitrogens is 1. The quantitative estimate of drug-likeness (QED) is 0.462. The van der Waals surface area contributed by atoms with Crippen LogP contribution >= 0.6 is 0 Å². The lowest BCUT2D eigenvalue weighted by Crippen LogP contribution is -2.28. The van der Waals surface area contributed by atoms with Crippen molar-refractivity contribution in [3.63, 3.8) is 0 Å². The number of halogens is 1. The molecule has 0 saturated heterocycles. The molecule has 1 aromatic rings. The van der Waals surface area contributed by atoms with Crippen LogP contribution in [0, 0.1) is 28.8 Å². The highest BCUT2D eigenvalue weighted by molar-refractivity contribution is 5.73. The highest BCUT2D eigenvalue weighted by atomic mass is 19.1. The summed E-state index contributed by atoms with van der Waals surface area (Å²) in [6, 6.07) is 1.24. The number of esters is 1. The van der Waals surface area contributed by atoms with Gasteiger partial charge in [0, 0.05) is 11.1 Å². The van der Waals surface area contributed by atoms with Gasteiger partial charge >= 0.3 is 5.97 Å². The topological polar surface area (TPSA) is 82.3 Å². The Morgan fingerprint density at radius 3 is 2.74 bits per heavy atom. The first-order valence-electron chi connectivity index (χ1n) is 5.68. The van der Waals surface area contributed by atoms with E-state index in [9.17, 15) is 19.3 Å². The van der Waals surface area contributed by atoms with Gasteiger partial charge in [0.15, 0.2) is 0 Å². The Labute approximate surface area is 109 Å². The number of methoxy groups -OCH3 is 1. The minimum atomic E-state index is -0.956. The van der Waals surface area contributed by atoms with Crippen LogP contribution in [0.25, 0.3) is 0 Å². The molecule has 7 heteroatoms. The largest absolute Gasteiger partial charge is 0.469 e. The Kier molecular flexibility index (Phi) is 4.91. The Morgan fingerprint density at radius 1 is 1.63 bits per heavy atom. The molecule has 0 radical (unpaired) electrons. The van der Waals surface area contributed by atoms with Crippen molar-refractivity contribution in [3.05, 3.63) is 39.5 Å². The van der Waals surface area contributed by atoms with Crippen LogP contribution in [-0.4, -0.2) is 29.5 Å². The first kappa shape index (κ1) is 15.0. The minimum absolute atomic E-state index is 0.0831. The SMILES string of the molecule is COC(=O)C(C)[C@@H](C[N+](=O)[O-])c1ncc(C)cc1F. The van der Waals surface area contributed by atoms with Crippen molar-refractivity contribution in [2.45, 2.75) is 19.8 Å². The van der Waals surface area contributed by atoms with E-state index in [2.05, 4.69) is 9.72 Å². The predicted octanol–water partition coefficient (Wildman–Crippen LogP) is 1.70. The first-order valence-corrected chi connectivity index (χ1v) is 5.68. The zero-order valence-electron chi connectivity index (χ0n) is 10.9. The number of nitrogens with zero attached hydrogens (tertiary/aromatic N) is 2. The van der Waals surface area contributed by atoms with E-state index in [0.29, 0.717) is 5.56 Å². The van der Waals surface area contributed by atoms with Gasteiger partial charge in [0.2, 0.25) is 6.54 Å². The molecule has 104 valence electrons. The van der Waals surface area contributed by atoms with Crippen LogP contribution in [0.4, 0.5) is 4.39 Å². The van der Waals surface area contributed by atoms with E-state index in [-0.39, 0.29) is 5.69 Å². The summed E-state index contributed by atoms with van der Waals surface area (Å²) in [7, 11) is 1.18. The van der Waals surface area contributed by atoms with E-state index in [0.717, 1.165) is 0 Å². The lowest BCUT2D eigenvalue weighted by molar-refractivity contribution is -0.484. The molecule has 1 unspecified atom stereocenters. The van der Waals surface area contributed by atoms with Crippen LogP contribution < -0.4 is 0 Å². The summed E-state index contributed by atoms with van der Waals surface area (Å²) in [5.74, 6) is -3.08. The number of hydrogen-bond acceptors (Lipinski definition) is 5. The summed E-state index contributed by atoms with van der Waals surface area (Å²) < 4.78 is 18.4. The maximum absolute atomic E-state index is 13.8. The monoisotopic (exact) mass is 270 g/mol. The van der Waals surface area contributed by atoms with Crippen molar-refractivity contribution in [1.29, 1.82) is 0 Å². The van der Waals surface area contributed by atoms with Crippen LogP contribution in [0.1, 0.15) is 24.1 Å². The molecule has 0 bridgehead atoms. The lowest BCUT2D eigenvalue weighted by atomic mass is 9.90. The second kappa shape index (κ2) is 6.21. The predicted molar refractivity (Wildman–Crippen MR) is 64.7 cm³/mol. The van der Waals surface area contributed by atoms with Crippen LogP contribution in [0.2, 0.25) is 0 Å². The molecule has 1 aromatic heterocycles. The second-order valence-corrected chi connectivity index (χ2v) is 4.31. The van der Waals surface area contributed by atoms with Crippen molar-refractivity contribution in [1.82, 2.24) is 4.98 Å². The van der Waals surface area contributed by atoms with Crippen LogP contribution in [-0.2, 0) is 9.53 Å². The maximum Gasteiger partial charge on any atom is 0.309 e. The third kappa shape index (κ3) is 3.70. The fourth-order valence-electron chi connectivity index (χ4n) is 1.81. The van der Waals surface area contributed by atoms with Crippen molar-refractivity contribution in [2.24, 2.45) is 5.92 Å². The molecule has 0 aliphatic heterocycles. The van der Waals surface area contributed by atoms with E-state index in [1.165, 1.54) is 26.3 Å². The number of ether oxygens (including phenoxy) is 1. The summed E-state index contributed by atoms with van der Waals surface area (Å²) in [6.45, 7) is 2.54. The molecular weight excluding hydrogens is 255 g/mol. The molecule has 0 N–H and O–H groups in total. The molecule has 19 heavy (non-hydrogen) atoms. The molecule has 0 aliphatic carbocycles. The second-order valence-electron chi connectivity index (χ2n) is 4.31. The van der Waals surface area contributed by atoms with Crippen LogP contribution in [0.5, 0.6) is 0 Å². The number of rotatable bonds is 5. The lowest BCUT2D eigenvalue weighted by Gasteiger charge is -2.18. The Balaban J connectivity index is 3.15. The number of pyridine rings is 1. The Bertz CT molecular complexity index is 493. The third-order valence-corrected chi connectivity index (χ3v) is 2.88. The molecule has 6 nitrogen and oxygen atoms in total. The number of hydrogen-bond donors (Lipinski definition) is 0. The Hall–Kier alpha value is -2.05. The number of aryl methyl sites for hydroxylation is 1. The van der Waals surface area contributed by atoms with E-state index in [1.807, 2.05) is 0 Å². The van der Waals surface area contributed by atoms with Gasteiger partial charge in [0.05, 0.1) is 24.6 Å². The highest BCUT2D eigenvalue weighted by Crippen LogP contribution is 2.26. The van der Waals surface area contributed by atoms with Crippen molar-refractivity contribution >= 4 is 5.97 Å². The van der Waals surface area contributed by atoms with Gasteiger partial charge in [-0.25, -0.2) is 4.39 Å². The van der Waals surface area contributed by atoms with Crippen LogP contribution in [0.15, 0.2) is 12.3 Å². The molecule has 2 atom stereocenters. The molecule has 0 saturated carbocycles. The molecule has 1 heterocycles. The standard InChI is InChI=1S/C12H15FN2O4/c1-7-4-10(13)11(14-5-7)9(6-15(17)18)8(2)12(16)19-3/h4-5,8-9H,6H2,1-3H3/t8?,9-/m1/s1. The molecule has 0 aliphatic rings. The zero-order chi connectivity index (χ0) is 14.6. The fraction of sp³-hybridized carbons (Fsp3) is 0.500. The average molecular weight is 270 g/mol. The van der Waals surface area contributed by atoms with Gasteiger partial charge in [0.25, 0.3) is 0 Å². The summed E-state index contributed by atoms with van der Waals surface area (Å²) in [5.41, 5.74) is 0.520. The molecule has 0 amide bonds. The molecule has 0 spiro atoms. The van der Waals surface area contributed by atoms with E-state index >= 15 is 0 Å². The van der Waals surface area contributed by atoms with E-state index in [1.54, 1.807) is 6.92 Å². The van der Waals surface area contributed by atoms with Gasteiger partial charge in [-0.15, -0.1) is 0 Å². The van der Waals surface area contributed by atoms with Gasteiger partial charge in [0.1, 0.15) is 5.82 Å². The molecule has 0 fully saturated rings. The van der Waals surface area contributed by atoms with Crippen molar-refractivity contribution in [2.75, 3.05) is 13.7 Å². The normalized spacial score (nSPS) is 13.7. The minimum Gasteiger partial charge on any atom is -0.469 e. The van der Waals surface area contributed by atoms with Crippen LogP contribution in [0.3, 0.4) is 0 Å². The smallest absolute Gasteiger partial charge is 0.309 e. The number of nitro groups is 1. The van der Waals surface area contributed by atoms with Gasteiger partial charge in [-0.2, -0.15) is 0 Å². The van der Waals surface area contributed by atoms with E-state index in [4.69, 9.17) is 0 Å². The average Bonchev–Trinajstić information content (AvgIpc) is 2.34. The van der Waals surface area contributed by atoms with Crippen molar-refractivity contribution < 1.29 is 18.8 Å². The molecule has 0 aromatic carbocycles. The maximum atomic E-state index is 13.8. The fourth-order valence-corrected chi connectivity index (χ4v) is 1.81. The first-order chi connectivity index (χ1) is 8.86. The van der Waals surface area contributed by atoms with Gasteiger partial charge < -0.3 is 4.74 Å². The summed E-state index contributed by atoms with van der Waals surface area (Å²) in [4.78, 5) is 25.5. The molecule has 1 rings (SSSR count). The zero-order valence-corrected chi connectivity index (χ0v) is 10.9. The van der Waals surface area contributed by atoms with E-state index < -0.39 is 35.1 Å². The summed E-state index contributed by atoms with van der Waals surface area (Å²) in [6.07, 6.45) is 1.41. The van der Waals surface area contributed by atoms with Gasteiger partial charge in [-0.1, -0.05) is 6.92 Å². The summed E-state index contributed by atoms with van der Waals surface area (Å²) >= 11 is 0. The Morgan fingerprint density at radius 2 is 2.26 bits per heavy atom. The van der Waals surface area contributed by atoms with Gasteiger partial charge in [-0.3, -0.25) is 19.9 Å². The summed E-state index contributed by atoms with van der Waals surface area (Å²) in [5, 5.41) is 10.7. The van der Waals surface area contributed by atoms with Gasteiger partial charge in [-0.05, 0) is 18.6 Å².